The highest BCUT2D eigenvalue weighted by atomic mass is 16.5. The molecule has 0 aliphatic carbocycles. The first-order valence-corrected chi connectivity index (χ1v) is 8.91. The maximum Gasteiger partial charge on any atom is 0.311 e. The summed E-state index contributed by atoms with van der Waals surface area (Å²) in [4.78, 5) is 11.8. The lowest BCUT2D eigenvalue weighted by Crippen LogP contribution is -2.07. The van der Waals surface area contributed by atoms with Crippen LogP contribution in [-0.2, 0) is 4.79 Å². The van der Waals surface area contributed by atoms with Gasteiger partial charge in [0.25, 0.3) is 0 Å². The van der Waals surface area contributed by atoms with Crippen LogP contribution in [-0.4, -0.2) is 5.97 Å². The largest absolute Gasteiger partial charge is 0.427 e. The van der Waals surface area contributed by atoms with Gasteiger partial charge in [0.2, 0.25) is 0 Å². The number of rotatable bonds is 11. The molecule has 0 saturated carbocycles. The van der Waals surface area contributed by atoms with Gasteiger partial charge in [-0.05, 0) is 43.5 Å². The van der Waals surface area contributed by atoms with Crippen LogP contribution in [0.15, 0.2) is 18.2 Å². The van der Waals surface area contributed by atoms with Crippen LogP contribution >= 0.6 is 0 Å². The highest BCUT2D eigenvalue weighted by molar-refractivity contribution is 5.72. The Morgan fingerprint density at radius 3 is 1.86 bits per heavy atom. The Bertz CT molecular complexity index is 417. The lowest BCUT2D eigenvalue weighted by atomic mass is 10.1. The third kappa shape index (κ3) is 8.86. The van der Waals surface area contributed by atoms with E-state index in [-0.39, 0.29) is 5.97 Å². The molecule has 0 saturated heterocycles. The predicted octanol–water partition coefficient (Wildman–Crippen LogP) is 6.13. The highest BCUT2D eigenvalue weighted by Gasteiger charge is 2.05. The van der Waals surface area contributed by atoms with Crippen molar-refractivity contribution in [2.75, 3.05) is 0 Å². The normalized spacial score (nSPS) is 10.7. The van der Waals surface area contributed by atoms with E-state index in [1.54, 1.807) is 0 Å². The van der Waals surface area contributed by atoms with Crippen molar-refractivity contribution < 1.29 is 9.53 Å². The van der Waals surface area contributed by atoms with Gasteiger partial charge in [-0.25, -0.2) is 0 Å². The van der Waals surface area contributed by atoms with Crippen LogP contribution in [0.25, 0.3) is 0 Å². The molecule has 0 atom stereocenters. The zero-order valence-corrected chi connectivity index (χ0v) is 14.6. The van der Waals surface area contributed by atoms with E-state index < -0.39 is 0 Å². The minimum absolute atomic E-state index is 0.104. The van der Waals surface area contributed by atoms with Crippen molar-refractivity contribution in [1.82, 2.24) is 0 Å². The van der Waals surface area contributed by atoms with Gasteiger partial charge in [-0.3, -0.25) is 4.79 Å². The lowest BCUT2D eigenvalue weighted by Gasteiger charge is -2.06. The summed E-state index contributed by atoms with van der Waals surface area (Å²) in [6.45, 7) is 6.28. The fourth-order valence-corrected chi connectivity index (χ4v) is 2.75. The predicted molar refractivity (Wildman–Crippen MR) is 93.4 cm³/mol. The second-order valence-electron chi connectivity index (χ2n) is 6.38. The molecule has 0 unspecified atom stereocenters. The molecule has 124 valence electrons. The molecule has 0 radical (unpaired) electrons. The number of benzene rings is 1. The minimum Gasteiger partial charge on any atom is -0.427 e. The monoisotopic (exact) mass is 304 g/mol. The highest BCUT2D eigenvalue weighted by Crippen LogP contribution is 2.17. The van der Waals surface area contributed by atoms with Gasteiger partial charge in [0.1, 0.15) is 5.75 Å². The Labute approximate surface area is 136 Å². The lowest BCUT2D eigenvalue weighted by molar-refractivity contribution is -0.134. The molecule has 2 heteroatoms. The summed E-state index contributed by atoms with van der Waals surface area (Å²) < 4.78 is 5.41. The van der Waals surface area contributed by atoms with E-state index in [4.69, 9.17) is 4.74 Å². The van der Waals surface area contributed by atoms with Crippen LogP contribution in [0.1, 0.15) is 82.3 Å². The molecule has 0 spiro atoms. The molecule has 0 aromatic heterocycles. The minimum atomic E-state index is -0.104. The van der Waals surface area contributed by atoms with Crippen LogP contribution in [0.2, 0.25) is 0 Å². The second-order valence-corrected chi connectivity index (χ2v) is 6.38. The first-order chi connectivity index (χ1) is 10.6. The summed E-state index contributed by atoms with van der Waals surface area (Å²) in [5.41, 5.74) is 2.26. The summed E-state index contributed by atoms with van der Waals surface area (Å²) >= 11 is 0. The number of hydrogen-bond donors (Lipinski definition) is 0. The number of hydrogen-bond acceptors (Lipinski definition) is 2. The first-order valence-electron chi connectivity index (χ1n) is 8.91. The molecule has 0 bridgehead atoms. The topological polar surface area (TPSA) is 26.3 Å². The Morgan fingerprint density at radius 2 is 1.32 bits per heavy atom. The number of ether oxygens (including phenoxy) is 1. The summed E-state index contributed by atoms with van der Waals surface area (Å²) in [5, 5.41) is 0. The van der Waals surface area contributed by atoms with E-state index in [0.717, 1.165) is 24.0 Å². The van der Waals surface area contributed by atoms with E-state index in [1.807, 2.05) is 26.0 Å². The number of esters is 1. The van der Waals surface area contributed by atoms with Gasteiger partial charge in [-0.2, -0.15) is 0 Å². The third-order valence-electron chi connectivity index (χ3n) is 3.91. The Kier molecular flexibility index (Phi) is 9.61. The van der Waals surface area contributed by atoms with Gasteiger partial charge in [0, 0.05) is 6.42 Å². The zero-order chi connectivity index (χ0) is 16.2. The zero-order valence-electron chi connectivity index (χ0n) is 14.6. The van der Waals surface area contributed by atoms with Crippen LogP contribution in [0.5, 0.6) is 5.75 Å². The molecule has 0 heterocycles. The second kappa shape index (κ2) is 11.3. The molecule has 2 nitrogen and oxygen atoms in total. The molecular weight excluding hydrogens is 272 g/mol. The molecule has 1 aromatic rings. The van der Waals surface area contributed by atoms with Gasteiger partial charge in [0.15, 0.2) is 0 Å². The molecule has 0 aliphatic rings. The van der Waals surface area contributed by atoms with Crippen LogP contribution in [0.4, 0.5) is 0 Å². The van der Waals surface area contributed by atoms with Crippen molar-refractivity contribution in [3.05, 3.63) is 29.3 Å². The van der Waals surface area contributed by atoms with Crippen molar-refractivity contribution in [2.24, 2.45) is 0 Å². The van der Waals surface area contributed by atoms with Gasteiger partial charge < -0.3 is 4.74 Å². The van der Waals surface area contributed by atoms with E-state index >= 15 is 0 Å². The fourth-order valence-electron chi connectivity index (χ4n) is 2.75. The Morgan fingerprint density at radius 1 is 0.818 bits per heavy atom. The number of carbonyl (C=O) groups is 1. The van der Waals surface area contributed by atoms with Crippen molar-refractivity contribution in [3.63, 3.8) is 0 Å². The molecular formula is C20H32O2. The SMILES string of the molecule is CCCCCCCCCCCC(=O)Oc1cc(C)cc(C)c1. The number of carbonyl (C=O) groups excluding carboxylic acids is 1. The smallest absolute Gasteiger partial charge is 0.311 e. The quantitative estimate of drug-likeness (QED) is 0.279. The van der Waals surface area contributed by atoms with Gasteiger partial charge >= 0.3 is 5.97 Å². The average Bonchev–Trinajstić information content (AvgIpc) is 2.44. The molecule has 22 heavy (non-hydrogen) atoms. The van der Waals surface area contributed by atoms with Gasteiger partial charge in [-0.15, -0.1) is 0 Å². The summed E-state index contributed by atoms with van der Waals surface area (Å²) in [5.74, 6) is 0.575. The summed E-state index contributed by atoms with van der Waals surface area (Å²) in [6.07, 6.45) is 11.9. The van der Waals surface area contributed by atoms with Gasteiger partial charge in [0.05, 0.1) is 0 Å². The third-order valence-corrected chi connectivity index (χ3v) is 3.91. The molecule has 0 N–H and O–H groups in total. The summed E-state index contributed by atoms with van der Waals surface area (Å²) in [6, 6.07) is 5.92. The number of aryl methyl sites for hydroxylation is 2. The maximum atomic E-state index is 11.8. The van der Waals surface area contributed by atoms with Crippen LogP contribution < -0.4 is 4.74 Å². The van der Waals surface area contributed by atoms with Gasteiger partial charge in [-0.1, -0.05) is 64.4 Å². The summed E-state index contributed by atoms with van der Waals surface area (Å²) in [7, 11) is 0. The Hall–Kier alpha value is -1.31. The molecule has 1 aromatic carbocycles. The van der Waals surface area contributed by atoms with Crippen molar-refractivity contribution in [2.45, 2.75) is 85.0 Å². The fraction of sp³-hybridized carbons (Fsp3) is 0.650. The van der Waals surface area contributed by atoms with Crippen LogP contribution in [0.3, 0.4) is 0 Å². The first kappa shape index (κ1) is 18.7. The Balaban J connectivity index is 2.06. The van der Waals surface area contributed by atoms with E-state index in [9.17, 15) is 4.79 Å². The molecule has 0 amide bonds. The number of unbranched alkanes of at least 4 members (excludes halogenated alkanes) is 8. The average molecular weight is 304 g/mol. The van der Waals surface area contributed by atoms with Crippen molar-refractivity contribution in [3.8, 4) is 5.75 Å². The van der Waals surface area contributed by atoms with E-state index in [0.29, 0.717) is 12.2 Å². The molecule has 1 rings (SSSR count). The maximum absolute atomic E-state index is 11.8. The van der Waals surface area contributed by atoms with E-state index in [1.165, 1.54) is 44.9 Å². The standard InChI is InChI=1S/C20H32O2/c1-4-5-6-7-8-9-10-11-12-13-20(21)22-19-15-17(2)14-18(3)16-19/h14-16H,4-13H2,1-3H3. The van der Waals surface area contributed by atoms with Crippen LogP contribution in [0, 0.1) is 13.8 Å². The van der Waals surface area contributed by atoms with Crippen molar-refractivity contribution >= 4 is 5.97 Å². The molecule has 0 aliphatic heterocycles. The van der Waals surface area contributed by atoms with Crippen molar-refractivity contribution in [1.29, 1.82) is 0 Å². The van der Waals surface area contributed by atoms with E-state index in [2.05, 4.69) is 13.0 Å². The molecule has 0 fully saturated rings.